The molecule has 1 aromatic heterocycles. The number of halogens is 1. The van der Waals surface area contributed by atoms with Crippen molar-refractivity contribution in [1.29, 1.82) is 0 Å². The van der Waals surface area contributed by atoms with E-state index in [2.05, 4.69) is 31.2 Å². The molecular weight excluding hydrogens is 338 g/mol. The molecule has 0 aromatic carbocycles. The molecule has 1 N–H and O–H groups in total. The van der Waals surface area contributed by atoms with Gasteiger partial charge in [-0.05, 0) is 28.8 Å². The Balaban J connectivity index is 2.04. The van der Waals surface area contributed by atoms with E-state index in [0.717, 1.165) is 32.8 Å². The van der Waals surface area contributed by atoms with Crippen molar-refractivity contribution in [2.75, 3.05) is 19.5 Å². The first-order chi connectivity index (χ1) is 9.74. The van der Waals surface area contributed by atoms with Crippen molar-refractivity contribution in [3.63, 3.8) is 0 Å². The lowest BCUT2D eigenvalue weighted by Gasteiger charge is -2.20. The Labute approximate surface area is 133 Å². The van der Waals surface area contributed by atoms with Gasteiger partial charge in [0.1, 0.15) is 11.6 Å². The fourth-order valence-corrected chi connectivity index (χ4v) is 4.10. The van der Waals surface area contributed by atoms with Gasteiger partial charge in [0, 0.05) is 19.4 Å². The van der Waals surface area contributed by atoms with Gasteiger partial charge in [0.05, 0.1) is 22.5 Å². The molecule has 1 aliphatic carbocycles. The molecule has 1 fully saturated rings. The molecule has 0 spiro atoms. The zero-order chi connectivity index (χ0) is 14.4. The summed E-state index contributed by atoms with van der Waals surface area (Å²) in [5, 5.41) is 3.89. The average molecular weight is 360 g/mol. The first-order valence-electron chi connectivity index (χ1n) is 7.08. The van der Waals surface area contributed by atoms with Crippen LogP contribution in [0.4, 0.5) is 5.82 Å². The lowest BCUT2D eigenvalue weighted by molar-refractivity contribution is 0.180. The number of anilines is 1. The van der Waals surface area contributed by atoms with Gasteiger partial charge in [-0.15, -0.1) is 0 Å². The second-order valence-electron chi connectivity index (χ2n) is 5.00. The molecule has 0 unspecified atom stereocenters. The Bertz CT molecular complexity index is 439. The number of nitrogens with zero attached hydrogens (tertiary/aromatic N) is 2. The Morgan fingerprint density at radius 3 is 2.70 bits per heavy atom. The average Bonchev–Trinajstić information content (AvgIpc) is 2.49. The van der Waals surface area contributed by atoms with Crippen molar-refractivity contribution < 1.29 is 4.74 Å². The minimum Gasteiger partial charge on any atom is -0.378 e. The maximum absolute atomic E-state index is 5.20. The molecule has 0 saturated heterocycles. The second kappa shape index (κ2) is 8.20. The van der Waals surface area contributed by atoms with Crippen molar-refractivity contribution in [3.05, 3.63) is 16.0 Å². The van der Waals surface area contributed by atoms with Crippen LogP contribution in [-0.4, -0.2) is 29.4 Å². The third-order valence-electron chi connectivity index (χ3n) is 3.48. The van der Waals surface area contributed by atoms with Crippen molar-refractivity contribution >= 4 is 33.5 Å². The Morgan fingerprint density at radius 1 is 1.30 bits per heavy atom. The topological polar surface area (TPSA) is 47.0 Å². The Hall–Kier alpha value is -0.330. The third-order valence-corrected chi connectivity index (χ3v) is 5.69. The molecule has 2 rings (SSSR count). The Morgan fingerprint density at radius 2 is 2.05 bits per heavy atom. The van der Waals surface area contributed by atoms with Crippen LogP contribution in [0.25, 0.3) is 0 Å². The first-order valence-corrected chi connectivity index (χ1v) is 8.92. The first kappa shape index (κ1) is 16.0. The monoisotopic (exact) mass is 359 g/mol. The number of ether oxygens (including phenoxy) is 1. The van der Waals surface area contributed by atoms with Crippen LogP contribution in [0.1, 0.15) is 43.6 Å². The lowest BCUT2D eigenvalue weighted by atomic mass is 10.0. The van der Waals surface area contributed by atoms with Crippen molar-refractivity contribution in [2.24, 2.45) is 0 Å². The summed E-state index contributed by atoms with van der Waals surface area (Å²) in [6.45, 7) is 0.499. The number of hydrogen-bond acceptors (Lipinski definition) is 5. The van der Waals surface area contributed by atoms with E-state index in [1.54, 1.807) is 7.11 Å². The zero-order valence-electron chi connectivity index (χ0n) is 12.1. The molecule has 0 aliphatic heterocycles. The second-order valence-corrected chi connectivity index (χ2v) is 7.08. The summed E-state index contributed by atoms with van der Waals surface area (Å²) in [6, 6.07) is 0. The van der Waals surface area contributed by atoms with E-state index in [1.165, 1.54) is 32.1 Å². The summed E-state index contributed by atoms with van der Waals surface area (Å²) in [5.41, 5.74) is 0.908. The predicted molar refractivity (Wildman–Crippen MR) is 88.2 cm³/mol. The molecule has 0 bridgehead atoms. The molecule has 20 heavy (non-hydrogen) atoms. The van der Waals surface area contributed by atoms with Crippen LogP contribution in [0.15, 0.2) is 4.47 Å². The maximum atomic E-state index is 5.20. The van der Waals surface area contributed by atoms with Crippen molar-refractivity contribution in [1.82, 2.24) is 9.97 Å². The molecule has 112 valence electrons. The highest BCUT2D eigenvalue weighted by Gasteiger charge is 2.16. The van der Waals surface area contributed by atoms with E-state index in [9.17, 15) is 0 Å². The van der Waals surface area contributed by atoms with Gasteiger partial charge in [-0.3, -0.25) is 0 Å². The van der Waals surface area contributed by atoms with Crippen LogP contribution in [0.3, 0.4) is 0 Å². The minimum atomic E-state index is 0.499. The predicted octanol–water partition coefficient (Wildman–Crippen LogP) is 3.99. The van der Waals surface area contributed by atoms with Crippen LogP contribution >= 0.6 is 27.7 Å². The van der Waals surface area contributed by atoms with Gasteiger partial charge in [-0.2, -0.15) is 11.8 Å². The summed E-state index contributed by atoms with van der Waals surface area (Å²) in [7, 11) is 3.56. The number of hydrogen-bond donors (Lipinski definition) is 1. The summed E-state index contributed by atoms with van der Waals surface area (Å²) in [4.78, 5) is 9.18. The summed E-state index contributed by atoms with van der Waals surface area (Å²) >= 11 is 5.52. The van der Waals surface area contributed by atoms with Gasteiger partial charge in [0.2, 0.25) is 0 Å². The van der Waals surface area contributed by atoms with Crippen molar-refractivity contribution in [2.45, 2.75) is 49.7 Å². The van der Waals surface area contributed by atoms with Gasteiger partial charge in [-0.1, -0.05) is 19.3 Å². The zero-order valence-corrected chi connectivity index (χ0v) is 14.5. The fraction of sp³-hybridized carbons (Fsp3) is 0.714. The summed E-state index contributed by atoms with van der Waals surface area (Å²) < 4.78 is 6.10. The summed E-state index contributed by atoms with van der Waals surface area (Å²) in [5.74, 6) is 2.61. The lowest BCUT2D eigenvalue weighted by Crippen LogP contribution is -2.10. The van der Waals surface area contributed by atoms with Crippen molar-refractivity contribution in [3.8, 4) is 0 Å². The Kier molecular flexibility index (Phi) is 6.58. The van der Waals surface area contributed by atoms with E-state index in [-0.39, 0.29) is 0 Å². The summed E-state index contributed by atoms with van der Waals surface area (Å²) in [6.07, 6.45) is 6.81. The highest BCUT2D eigenvalue weighted by atomic mass is 79.9. The number of aromatic nitrogens is 2. The number of thioether (sulfide) groups is 1. The number of nitrogens with one attached hydrogen (secondary N) is 1. The largest absolute Gasteiger partial charge is 0.378 e. The highest BCUT2D eigenvalue weighted by molar-refractivity contribution is 9.10. The molecule has 1 heterocycles. The molecule has 0 atom stereocenters. The van der Waals surface area contributed by atoms with Gasteiger partial charge in [0.25, 0.3) is 0 Å². The molecule has 6 heteroatoms. The normalized spacial score (nSPS) is 16.4. The molecular formula is C14H22BrN3OS. The minimum absolute atomic E-state index is 0.499. The standard InChI is InChI=1S/C14H22BrN3OS/c1-16-14-13(15)11(8-19-2)17-12(18-14)9-20-10-6-4-3-5-7-10/h10H,3-9H2,1-2H3,(H,16,17,18). The molecule has 1 aromatic rings. The van der Waals surface area contributed by atoms with E-state index in [1.807, 2.05) is 18.8 Å². The molecule has 0 radical (unpaired) electrons. The third kappa shape index (κ3) is 4.33. The van der Waals surface area contributed by atoms with Crippen LogP contribution in [0, 0.1) is 0 Å². The van der Waals surface area contributed by atoms with Gasteiger partial charge in [0.15, 0.2) is 0 Å². The maximum Gasteiger partial charge on any atom is 0.144 e. The number of methoxy groups -OCH3 is 1. The smallest absolute Gasteiger partial charge is 0.144 e. The molecule has 1 saturated carbocycles. The van der Waals surface area contributed by atoms with Gasteiger partial charge < -0.3 is 10.1 Å². The van der Waals surface area contributed by atoms with Gasteiger partial charge in [-0.25, -0.2) is 9.97 Å². The highest BCUT2D eigenvalue weighted by Crippen LogP contribution is 2.31. The van der Waals surface area contributed by atoms with E-state index >= 15 is 0 Å². The van der Waals surface area contributed by atoms with E-state index in [0.29, 0.717) is 6.61 Å². The van der Waals surface area contributed by atoms with E-state index in [4.69, 9.17) is 4.74 Å². The SMILES string of the molecule is CNc1nc(CSC2CCCCC2)nc(COC)c1Br. The van der Waals surface area contributed by atoms with Crippen LogP contribution in [0.5, 0.6) is 0 Å². The quantitative estimate of drug-likeness (QED) is 0.831. The van der Waals surface area contributed by atoms with Gasteiger partial charge >= 0.3 is 0 Å². The number of rotatable bonds is 6. The van der Waals surface area contributed by atoms with Crippen LogP contribution < -0.4 is 5.32 Å². The van der Waals surface area contributed by atoms with Crippen LogP contribution in [0.2, 0.25) is 0 Å². The van der Waals surface area contributed by atoms with E-state index < -0.39 is 0 Å². The molecule has 1 aliphatic rings. The van der Waals surface area contributed by atoms with Crippen LogP contribution in [-0.2, 0) is 17.1 Å². The molecule has 0 amide bonds. The molecule has 4 nitrogen and oxygen atoms in total. The fourth-order valence-electron chi connectivity index (χ4n) is 2.43.